The van der Waals surface area contributed by atoms with Crippen LogP contribution < -0.4 is 10.6 Å². The molecule has 1 aromatic carbocycles. The minimum absolute atomic E-state index is 0.873. The largest absolute Gasteiger partial charge is 0.385 e. The third kappa shape index (κ3) is 3.42. The molecular weight excluding hydrogens is 216 g/mol. The van der Waals surface area contributed by atoms with Gasteiger partial charge in [0.15, 0.2) is 0 Å². The van der Waals surface area contributed by atoms with Crippen molar-refractivity contribution >= 4 is 17.4 Å². The van der Waals surface area contributed by atoms with Gasteiger partial charge in [0.2, 0.25) is 0 Å². The molecule has 0 spiro atoms. The van der Waals surface area contributed by atoms with E-state index in [0.29, 0.717) is 0 Å². The average molecular weight is 236 g/mol. The fourth-order valence-electron chi connectivity index (χ4n) is 2.09. The van der Waals surface area contributed by atoms with Crippen LogP contribution in [-0.4, -0.2) is 25.9 Å². The smallest absolute Gasteiger partial charge is 0.0340 e. The highest BCUT2D eigenvalue weighted by atomic mass is 32.2. The topological polar surface area (TPSA) is 24.1 Å². The van der Waals surface area contributed by atoms with Gasteiger partial charge in [-0.2, -0.15) is 0 Å². The summed E-state index contributed by atoms with van der Waals surface area (Å²) in [6.45, 7) is 3.49. The molecule has 1 aromatic rings. The van der Waals surface area contributed by atoms with Gasteiger partial charge in [-0.1, -0.05) is 0 Å². The molecule has 1 unspecified atom stereocenters. The van der Waals surface area contributed by atoms with Gasteiger partial charge in [0.25, 0.3) is 0 Å². The number of benzene rings is 1. The highest BCUT2D eigenvalue weighted by Gasteiger charge is 2.13. The van der Waals surface area contributed by atoms with Gasteiger partial charge in [-0.25, -0.2) is 0 Å². The molecule has 2 rings (SSSR count). The quantitative estimate of drug-likeness (QED) is 0.769. The normalized spacial score (nSPS) is 19.9. The van der Waals surface area contributed by atoms with Crippen molar-refractivity contribution in [3.8, 4) is 0 Å². The van der Waals surface area contributed by atoms with Crippen LogP contribution in [0.3, 0.4) is 0 Å². The van der Waals surface area contributed by atoms with Crippen LogP contribution in [0.25, 0.3) is 0 Å². The molecule has 2 N–H and O–H groups in total. The summed E-state index contributed by atoms with van der Waals surface area (Å²) in [5.41, 5.74) is 1.24. The van der Waals surface area contributed by atoms with Crippen molar-refractivity contribution in [2.75, 3.05) is 31.2 Å². The van der Waals surface area contributed by atoms with Gasteiger partial charge in [0, 0.05) is 17.1 Å². The molecule has 0 radical (unpaired) electrons. The van der Waals surface area contributed by atoms with Crippen molar-refractivity contribution in [1.82, 2.24) is 5.32 Å². The van der Waals surface area contributed by atoms with Crippen LogP contribution >= 0.6 is 11.8 Å². The minimum atomic E-state index is 0.873. The maximum Gasteiger partial charge on any atom is 0.0340 e. The van der Waals surface area contributed by atoms with Crippen LogP contribution in [-0.2, 0) is 0 Å². The first-order valence-electron chi connectivity index (χ1n) is 5.97. The number of thioether (sulfide) groups is 1. The van der Waals surface area contributed by atoms with Crippen molar-refractivity contribution in [2.24, 2.45) is 5.92 Å². The summed E-state index contributed by atoms with van der Waals surface area (Å²) in [4.78, 5) is 1.32. The van der Waals surface area contributed by atoms with E-state index in [2.05, 4.69) is 41.2 Å². The maximum absolute atomic E-state index is 3.49. The molecule has 88 valence electrons. The van der Waals surface area contributed by atoms with E-state index in [4.69, 9.17) is 0 Å². The average Bonchev–Trinajstić information content (AvgIpc) is 2.83. The second-order valence-corrected chi connectivity index (χ2v) is 5.18. The van der Waals surface area contributed by atoms with Gasteiger partial charge >= 0.3 is 0 Å². The van der Waals surface area contributed by atoms with Crippen LogP contribution in [0, 0.1) is 5.92 Å². The van der Waals surface area contributed by atoms with Crippen molar-refractivity contribution in [2.45, 2.75) is 17.7 Å². The van der Waals surface area contributed by atoms with Gasteiger partial charge in [0.05, 0.1) is 0 Å². The molecular formula is C13H20N2S. The van der Waals surface area contributed by atoms with Crippen LogP contribution in [0.5, 0.6) is 0 Å². The Hall–Kier alpha value is -0.670. The number of nitrogens with one attached hydrogen (secondary N) is 2. The van der Waals surface area contributed by atoms with Crippen LogP contribution in [0.15, 0.2) is 29.2 Å². The molecule has 1 atom stereocenters. The molecule has 3 heteroatoms. The van der Waals surface area contributed by atoms with E-state index in [-0.39, 0.29) is 0 Å². The van der Waals surface area contributed by atoms with Gasteiger partial charge in [0.1, 0.15) is 0 Å². The molecule has 1 aliphatic heterocycles. The molecule has 1 heterocycles. The molecule has 0 aliphatic carbocycles. The van der Waals surface area contributed by atoms with E-state index in [9.17, 15) is 0 Å². The van der Waals surface area contributed by atoms with Crippen LogP contribution in [0.4, 0.5) is 5.69 Å². The maximum atomic E-state index is 3.49. The lowest BCUT2D eigenvalue weighted by atomic mass is 10.1. The lowest BCUT2D eigenvalue weighted by Gasteiger charge is -2.10. The number of anilines is 1. The molecule has 0 amide bonds. The van der Waals surface area contributed by atoms with Crippen molar-refractivity contribution < 1.29 is 0 Å². The SMILES string of the molecule is CSc1ccc(NCCC2CCNC2)cc1. The summed E-state index contributed by atoms with van der Waals surface area (Å²) < 4.78 is 0. The summed E-state index contributed by atoms with van der Waals surface area (Å²) >= 11 is 1.79. The summed E-state index contributed by atoms with van der Waals surface area (Å²) in [5.74, 6) is 0.873. The van der Waals surface area contributed by atoms with Gasteiger partial charge in [-0.15, -0.1) is 11.8 Å². The number of rotatable bonds is 5. The standard InChI is InChI=1S/C13H20N2S/c1-16-13-4-2-12(3-5-13)15-9-7-11-6-8-14-10-11/h2-5,11,14-15H,6-10H2,1H3. The molecule has 0 aromatic heterocycles. The second kappa shape index (κ2) is 6.16. The Morgan fingerprint density at radius 1 is 1.38 bits per heavy atom. The zero-order chi connectivity index (χ0) is 11.2. The van der Waals surface area contributed by atoms with Crippen LogP contribution in [0.1, 0.15) is 12.8 Å². The highest BCUT2D eigenvalue weighted by molar-refractivity contribution is 7.98. The molecule has 1 aliphatic rings. The first-order valence-corrected chi connectivity index (χ1v) is 7.19. The van der Waals surface area contributed by atoms with E-state index < -0.39 is 0 Å². The Balaban J connectivity index is 1.71. The Morgan fingerprint density at radius 3 is 2.81 bits per heavy atom. The summed E-state index contributed by atoms with van der Waals surface area (Å²) in [7, 11) is 0. The van der Waals surface area contributed by atoms with E-state index in [0.717, 1.165) is 12.5 Å². The van der Waals surface area contributed by atoms with Crippen molar-refractivity contribution in [3.63, 3.8) is 0 Å². The summed E-state index contributed by atoms with van der Waals surface area (Å²) in [6.07, 6.45) is 4.72. The van der Waals surface area contributed by atoms with Gasteiger partial charge in [-0.05, 0) is 62.4 Å². The Bertz CT molecular complexity index is 304. The van der Waals surface area contributed by atoms with E-state index in [1.165, 1.54) is 36.5 Å². The Kier molecular flexibility index (Phi) is 4.55. The third-order valence-corrected chi connectivity index (χ3v) is 3.88. The lowest BCUT2D eigenvalue weighted by molar-refractivity contribution is 0.549. The fraction of sp³-hybridized carbons (Fsp3) is 0.538. The zero-order valence-corrected chi connectivity index (χ0v) is 10.6. The minimum Gasteiger partial charge on any atom is -0.385 e. The van der Waals surface area contributed by atoms with Crippen molar-refractivity contribution in [1.29, 1.82) is 0 Å². The van der Waals surface area contributed by atoms with Gasteiger partial charge < -0.3 is 10.6 Å². The van der Waals surface area contributed by atoms with E-state index in [1.54, 1.807) is 11.8 Å². The first-order chi connectivity index (χ1) is 7.88. The van der Waals surface area contributed by atoms with Gasteiger partial charge in [-0.3, -0.25) is 0 Å². The van der Waals surface area contributed by atoms with Crippen LogP contribution in [0.2, 0.25) is 0 Å². The predicted molar refractivity (Wildman–Crippen MR) is 72.3 cm³/mol. The number of hydrogen-bond acceptors (Lipinski definition) is 3. The second-order valence-electron chi connectivity index (χ2n) is 4.30. The fourth-order valence-corrected chi connectivity index (χ4v) is 2.50. The van der Waals surface area contributed by atoms with Crippen molar-refractivity contribution in [3.05, 3.63) is 24.3 Å². The Morgan fingerprint density at radius 2 is 2.19 bits per heavy atom. The van der Waals surface area contributed by atoms with E-state index >= 15 is 0 Å². The summed E-state index contributed by atoms with van der Waals surface area (Å²) in [5, 5.41) is 6.89. The molecule has 2 nitrogen and oxygen atoms in total. The lowest BCUT2D eigenvalue weighted by Crippen LogP contribution is -2.12. The zero-order valence-electron chi connectivity index (χ0n) is 9.83. The molecule has 0 bridgehead atoms. The molecule has 0 saturated carbocycles. The number of hydrogen-bond donors (Lipinski definition) is 2. The molecule has 16 heavy (non-hydrogen) atoms. The highest BCUT2D eigenvalue weighted by Crippen LogP contribution is 2.18. The summed E-state index contributed by atoms with van der Waals surface area (Å²) in [6, 6.07) is 8.67. The molecule has 1 fully saturated rings. The first kappa shape index (κ1) is 11.8. The predicted octanol–water partition coefficient (Wildman–Crippen LogP) is 2.82. The third-order valence-electron chi connectivity index (χ3n) is 3.13. The molecule has 1 saturated heterocycles. The monoisotopic (exact) mass is 236 g/mol. The van der Waals surface area contributed by atoms with E-state index in [1.807, 2.05) is 0 Å². The Labute approximate surface area is 102 Å².